The molecule has 6 rings (SSSR count). The zero-order valence-electron chi connectivity index (χ0n) is 21.1. The molecule has 0 amide bonds. The first-order valence-corrected chi connectivity index (χ1v) is 13.8. The Balaban J connectivity index is 1.10. The number of hydrogen-bond acceptors (Lipinski definition) is 7. The number of hydrogen-bond donors (Lipinski definition) is 1. The minimum Gasteiger partial charge on any atom is -0.507 e. The van der Waals surface area contributed by atoms with E-state index in [0.717, 1.165) is 29.1 Å². The molecule has 1 N–H and O–H groups in total. The molecule has 1 saturated heterocycles. The maximum atomic E-state index is 12.5. The van der Waals surface area contributed by atoms with Gasteiger partial charge in [-0.25, -0.2) is 0 Å². The van der Waals surface area contributed by atoms with Gasteiger partial charge in [0.05, 0.1) is 12.2 Å². The highest BCUT2D eigenvalue weighted by molar-refractivity contribution is 7.18. The molecule has 2 aromatic heterocycles. The topological polar surface area (TPSA) is 78.7 Å². The second kappa shape index (κ2) is 8.80. The highest BCUT2D eigenvalue weighted by Crippen LogP contribution is 2.57. The summed E-state index contributed by atoms with van der Waals surface area (Å²) in [5.74, 6) is 2.51. The Labute approximate surface area is 215 Å². The third kappa shape index (κ3) is 3.94. The summed E-state index contributed by atoms with van der Waals surface area (Å²) in [4.78, 5) is 22.0. The van der Waals surface area contributed by atoms with Gasteiger partial charge in [-0.3, -0.25) is 9.79 Å². The Bertz CT molecular complexity index is 1390. The number of amidine groups is 1. The second-order valence-electron chi connectivity index (χ2n) is 11.1. The lowest BCUT2D eigenvalue weighted by molar-refractivity contribution is -0.122. The van der Waals surface area contributed by atoms with Crippen LogP contribution in [0, 0.1) is 17.3 Å². The number of phenols is 1. The number of fused-ring (bicyclic) bond motifs is 1. The number of aliphatic imine (C=N–C) groups is 1. The van der Waals surface area contributed by atoms with Crippen molar-refractivity contribution in [1.82, 2.24) is 15.1 Å². The number of Topliss-reactive ketones (excluding diaryl/α,β-unsaturated/α-hetero) is 1. The minimum atomic E-state index is 0.00186. The summed E-state index contributed by atoms with van der Waals surface area (Å²) in [6.45, 7) is 9.01. The lowest BCUT2D eigenvalue weighted by atomic mass is 9.57. The van der Waals surface area contributed by atoms with Crippen LogP contribution in [-0.4, -0.2) is 51.5 Å². The molecular weight excluding hydrogens is 468 g/mol. The second-order valence-corrected chi connectivity index (χ2v) is 12.1. The summed E-state index contributed by atoms with van der Waals surface area (Å²) >= 11 is 1.75. The molecule has 4 heterocycles. The van der Waals surface area contributed by atoms with Gasteiger partial charge >= 0.3 is 0 Å². The highest BCUT2D eigenvalue weighted by Gasteiger charge is 2.53. The molecule has 2 aliphatic heterocycles. The molecule has 7 heteroatoms. The molecule has 0 bridgehead atoms. The summed E-state index contributed by atoms with van der Waals surface area (Å²) in [6, 6.07) is 11.6. The molecule has 6 nitrogen and oxygen atoms in total. The van der Waals surface area contributed by atoms with Crippen LogP contribution in [0.1, 0.15) is 50.8 Å². The van der Waals surface area contributed by atoms with E-state index in [1.54, 1.807) is 17.4 Å². The molecular formula is C29H32N4O2S. The van der Waals surface area contributed by atoms with Crippen LogP contribution in [0.15, 0.2) is 53.0 Å². The fraction of sp³-hybridized carbons (Fsp3) is 0.448. The molecule has 1 spiro atoms. The molecule has 3 aromatic rings. The Hall–Kier alpha value is -3.06. The fourth-order valence-electron chi connectivity index (χ4n) is 6.30. The largest absolute Gasteiger partial charge is 0.507 e. The zero-order chi connectivity index (χ0) is 25.0. The summed E-state index contributed by atoms with van der Waals surface area (Å²) in [5, 5.41) is 20.1. The number of carbonyl (C=O) groups excluding carboxylic acids is 1. The number of thiophene rings is 1. The number of aromatic nitrogens is 2. The molecule has 1 saturated carbocycles. The molecule has 36 heavy (non-hydrogen) atoms. The number of ketones is 1. The van der Waals surface area contributed by atoms with Crippen molar-refractivity contribution in [1.29, 1.82) is 0 Å². The Kier molecular flexibility index (Phi) is 5.71. The van der Waals surface area contributed by atoms with Gasteiger partial charge in [-0.15, -0.1) is 21.5 Å². The van der Waals surface area contributed by atoms with Crippen molar-refractivity contribution < 1.29 is 9.90 Å². The van der Waals surface area contributed by atoms with Gasteiger partial charge in [-0.1, -0.05) is 32.9 Å². The van der Waals surface area contributed by atoms with Crippen LogP contribution in [0.5, 0.6) is 5.75 Å². The fourth-order valence-corrected chi connectivity index (χ4v) is 7.36. The van der Waals surface area contributed by atoms with Crippen LogP contribution in [0.25, 0.3) is 21.5 Å². The molecule has 1 aliphatic carbocycles. The first-order chi connectivity index (χ1) is 17.4. The van der Waals surface area contributed by atoms with Crippen LogP contribution in [-0.2, 0) is 4.79 Å². The lowest BCUT2D eigenvalue weighted by Gasteiger charge is -2.59. The third-order valence-electron chi connectivity index (χ3n) is 8.12. The standard InChI is InChI=1S/C29H32N4O2S/c1-4-23(34)27(17(2)3)19-11-26(30-14-19)33-15-29(16-33)12-20(13-29)25-10-18-9-22(31-32-28(18)36-25)21-7-5-6-8-24(21)35/h5-11,17,20,27,35H,4,12-16H2,1-3H3. The smallest absolute Gasteiger partial charge is 0.146 e. The van der Waals surface area contributed by atoms with Gasteiger partial charge < -0.3 is 10.0 Å². The van der Waals surface area contributed by atoms with Crippen molar-refractivity contribution in [2.75, 3.05) is 19.6 Å². The summed E-state index contributed by atoms with van der Waals surface area (Å²) < 4.78 is 0. The predicted octanol–water partition coefficient (Wildman–Crippen LogP) is 5.83. The van der Waals surface area contributed by atoms with Gasteiger partial charge in [0, 0.05) is 46.7 Å². The molecule has 1 unspecified atom stereocenters. The first-order valence-electron chi connectivity index (χ1n) is 12.9. The number of carbonyl (C=O) groups is 1. The monoisotopic (exact) mass is 500 g/mol. The average Bonchev–Trinajstić information content (AvgIpc) is 3.44. The van der Waals surface area contributed by atoms with Gasteiger partial charge in [0.25, 0.3) is 0 Å². The number of phenolic OH excluding ortho intramolecular Hbond substituents is 1. The number of para-hydroxylation sites is 1. The van der Waals surface area contributed by atoms with Crippen molar-refractivity contribution in [3.8, 4) is 17.0 Å². The number of benzene rings is 1. The first kappa shape index (κ1) is 23.3. The van der Waals surface area contributed by atoms with Gasteiger partial charge in [0.1, 0.15) is 22.2 Å². The Morgan fingerprint density at radius 3 is 2.69 bits per heavy atom. The number of aromatic hydroxyl groups is 1. The third-order valence-corrected chi connectivity index (χ3v) is 9.31. The van der Waals surface area contributed by atoms with E-state index in [2.05, 4.69) is 41.1 Å². The Morgan fingerprint density at radius 2 is 1.97 bits per heavy atom. The molecule has 3 aliphatic rings. The van der Waals surface area contributed by atoms with E-state index in [1.807, 2.05) is 31.2 Å². The number of likely N-dealkylation sites (tertiary alicyclic amines) is 1. The van der Waals surface area contributed by atoms with E-state index in [1.165, 1.54) is 23.3 Å². The Morgan fingerprint density at radius 1 is 1.19 bits per heavy atom. The number of rotatable bonds is 6. The summed E-state index contributed by atoms with van der Waals surface area (Å²) in [7, 11) is 0. The predicted molar refractivity (Wildman–Crippen MR) is 145 cm³/mol. The number of nitrogens with zero attached hydrogens (tertiary/aromatic N) is 4. The molecule has 1 aromatic carbocycles. The molecule has 1 atom stereocenters. The minimum absolute atomic E-state index is 0.00186. The van der Waals surface area contributed by atoms with Crippen molar-refractivity contribution in [2.45, 2.75) is 46.0 Å². The molecule has 0 radical (unpaired) electrons. The van der Waals surface area contributed by atoms with Gasteiger partial charge in [0.2, 0.25) is 0 Å². The van der Waals surface area contributed by atoms with E-state index in [0.29, 0.717) is 47.3 Å². The van der Waals surface area contributed by atoms with E-state index in [-0.39, 0.29) is 11.7 Å². The normalized spacial score (nSPS) is 19.8. The van der Waals surface area contributed by atoms with Crippen molar-refractivity contribution >= 4 is 33.2 Å². The SMILES string of the molecule is CCC(=O)C(C1=CC(N2CC3(CC(c4cc5cc(-c6ccccc6O)nnc5s4)C3)C2)=NC1)C(C)C. The lowest BCUT2D eigenvalue weighted by Crippen LogP contribution is -2.62. The summed E-state index contributed by atoms with van der Waals surface area (Å²) in [6.07, 6.45) is 5.17. The quantitative estimate of drug-likeness (QED) is 0.460. The van der Waals surface area contributed by atoms with Gasteiger partial charge in [-0.2, -0.15) is 0 Å². The summed E-state index contributed by atoms with van der Waals surface area (Å²) in [5.41, 5.74) is 3.00. The van der Waals surface area contributed by atoms with Crippen molar-refractivity contribution in [2.24, 2.45) is 22.2 Å². The van der Waals surface area contributed by atoms with Crippen LogP contribution in [0.3, 0.4) is 0 Å². The van der Waals surface area contributed by atoms with Crippen LogP contribution < -0.4 is 0 Å². The van der Waals surface area contributed by atoms with Crippen molar-refractivity contribution in [3.05, 3.63) is 52.9 Å². The average molecular weight is 501 g/mol. The van der Waals surface area contributed by atoms with Gasteiger partial charge in [0.15, 0.2) is 0 Å². The van der Waals surface area contributed by atoms with Crippen LogP contribution in [0.4, 0.5) is 0 Å². The molecule has 186 valence electrons. The van der Waals surface area contributed by atoms with Crippen LogP contribution in [0.2, 0.25) is 0 Å². The van der Waals surface area contributed by atoms with Gasteiger partial charge in [-0.05, 0) is 60.6 Å². The maximum absolute atomic E-state index is 12.5. The van der Waals surface area contributed by atoms with E-state index >= 15 is 0 Å². The van der Waals surface area contributed by atoms with E-state index in [9.17, 15) is 9.90 Å². The highest BCUT2D eigenvalue weighted by atomic mass is 32.1. The van der Waals surface area contributed by atoms with E-state index < -0.39 is 0 Å². The van der Waals surface area contributed by atoms with Crippen molar-refractivity contribution in [3.63, 3.8) is 0 Å². The van der Waals surface area contributed by atoms with E-state index in [4.69, 9.17) is 4.99 Å². The van der Waals surface area contributed by atoms with Crippen LogP contribution >= 0.6 is 11.3 Å². The maximum Gasteiger partial charge on any atom is 0.146 e. The molecule has 2 fully saturated rings. The zero-order valence-corrected chi connectivity index (χ0v) is 21.9.